The van der Waals surface area contributed by atoms with Crippen molar-refractivity contribution in [2.24, 2.45) is 0 Å². The molecule has 130 valence electrons. The van der Waals surface area contributed by atoms with E-state index in [0.717, 1.165) is 29.7 Å². The first-order valence-corrected chi connectivity index (χ1v) is 9.05. The van der Waals surface area contributed by atoms with Gasteiger partial charge in [0.2, 0.25) is 0 Å². The summed E-state index contributed by atoms with van der Waals surface area (Å²) >= 11 is 6.14. The van der Waals surface area contributed by atoms with Gasteiger partial charge in [0.15, 0.2) is 0 Å². The van der Waals surface area contributed by atoms with Crippen LogP contribution in [0.25, 0.3) is 0 Å². The number of rotatable bonds is 3. The molecule has 2 aromatic rings. The normalized spacial score (nSPS) is 15.8. The second-order valence-electron chi connectivity index (χ2n) is 6.13. The highest BCUT2D eigenvalue weighted by Gasteiger charge is 2.36. The van der Waals surface area contributed by atoms with Crippen molar-refractivity contribution in [1.82, 2.24) is 9.88 Å². The van der Waals surface area contributed by atoms with Crippen molar-refractivity contribution in [2.45, 2.75) is 46.1 Å². The maximum atomic E-state index is 12.5. The van der Waals surface area contributed by atoms with Crippen LogP contribution >= 0.6 is 11.6 Å². The maximum absolute atomic E-state index is 12.5. The Hall–Kier alpha value is -2.20. The Morgan fingerprint density at radius 3 is 2.20 bits per heavy atom. The van der Waals surface area contributed by atoms with Crippen molar-refractivity contribution in [2.75, 3.05) is 0 Å². The molecule has 1 saturated carbocycles. The second kappa shape index (κ2) is 6.96. The predicted molar refractivity (Wildman–Crippen MR) is 98.0 cm³/mol. The molecule has 2 aliphatic rings. The SMILES string of the molecule is CC.Cc1c(CN2C(=O)c3ccccc3C2=O)cc(Cl)nc1C1CC1. The Balaban J connectivity index is 0.000000880. The molecule has 0 atom stereocenters. The quantitative estimate of drug-likeness (QED) is 0.589. The summed E-state index contributed by atoms with van der Waals surface area (Å²) in [5.74, 6) is -0.0218. The zero-order chi connectivity index (χ0) is 18.1. The Morgan fingerprint density at radius 2 is 1.68 bits per heavy atom. The molecule has 0 saturated heterocycles. The molecular formula is C20H21ClN2O2. The minimum Gasteiger partial charge on any atom is -0.270 e. The van der Waals surface area contributed by atoms with Crippen LogP contribution in [0.4, 0.5) is 0 Å². The fourth-order valence-electron chi connectivity index (χ4n) is 3.12. The molecule has 5 heteroatoms. The molecule has 4 rings (SSSR count). The van der Waals surface area contributed by atoms with Gasteiger partial charge in [0.25, 0.3) is 11.8 Å². The third-order valence-corrected chi connectivity index (χ3v) is 4.75. The summed E-state index contributed by atoms with van der Waals surface area (Å²) in [6, 6.07) is 8.68. The largest absolute Gasteiger partial charge is 0.270 e. The highest BCUT2D eigenvalue weighted by atomic mass is 35.5. The lowest BCUT2D eigenvalue weighted by Crippen LogP contribution is -2.29. The molecule has 0 bridgehead atoms. The van der Waals surface area contributed by atoms with E-state index in [1.807, 2.05) is 20.8 Å². The van der Waals surface area contributed by atoms with Crippen LogP contribution in [0.5, 0.6) is 0 Å². The van der Waals surface area contributed by atoms with Gasteiger partial charge in [-0.3, -0.25) is 14.5 Å². The van der Waals surface area contributed by atoms with E-state index < -0.39 is 0 Å². The number of hydrogen-bond acceptors (Lipinski definition) is 3. The molecule has 2 heterocycles. The number of halogens is 1. The highest BCUT2D eigenvalue weighted by molar-refractivity contribution is 6.29. The third kappa shape index (κ3) is 3.19. The molecule has 25 heavy (non-hydrogen) atoms. The van der Waals surface area contributed by atoms with Crippen molar-refractivity contribution >= 4 is 23.4 Å². The van der Waals surface area contributed by atoms with Crippen LogP contribution in [-0.4, -0.2) is 21.7 Å². The van der Waals surface area contributed by atoms with E-state index in [0.29, 0.717) is 22.2 Å². The molecule has 0 spiro atoms. The van der Waals surface area contributed by atoms with Gasteiger partial charge in [-0.15, -0.1) is 0 Å². The first-order chi connectivity index (χ1) is 12.1. The molecule has 1 aromatic carbocycles. The average molecular weight is 357 g/mol. The smallest absolute Gasteiger partial charge is 0.261 e. The fraction of sp³-hybridized carbons (Fsp3) is 0.350. The van der Waals surface area contributed by atoms with Gasteiger partial charge in [-0.1, -0.05) is 37.6 Å². The molecular weight excluding hydrogens is 336 g/mol. The minimum absolute atomic E-state index is 0.236. The number of imide groups is 1. The van der Waals surface area contributed by atoms with Gasteiger partial charge in [0.05, 0.1) is 17.7 Å². The molecule has 2 amide bonds. The van der Waals surface area contributed by atoms with Crippen LogP contribution in [0.15, 0.2) is 30.3 Å². The molecule has 0 radical (unpaired) electrons. The first kappa shape index (κ1) is 17.6. The molecule has 1 aliphatic carbocycles. The molecule has 1 fully saturated rings. The van der Waals surface area contributed by atoms with Crippen LogP contribution in [0.2, 0.25) is 5.15 Å². The second-order valence-corrected chi connectivity index (χ2v) is 6.52. The molecule has 1 aromatic heterocycles. The number of carbonyl (C=O) groups is 2. The predicted octanol–water partition coefficient (Wildman–Crippen LogP) is 4.74. The summed E-state index contributed by atoms with van der Waals surface area (Å²) in [5, 5.41) is 0.420. The maximum Gasteiger partial charge on any atom is 0.261 e. The third-order valence-electron chi connectivity index (χ3n) is 4.56. The molecule has 0 unspecified atom stereocenters. The number of nitrogens with zero attached hydrogens (tertiary/aromatic N) is 2. The van der Waals surface area contributed by atoms with E-state index in [1.54, 1.807) is 30.3 Å². The van der Waals surface area contributed by atoms with E-state index >= 15 is 0 Å². The van der Waals surface area contributed by atoms with Crippen LogP contribution in [0, 0.1) is 6.92 Å². The fourth-order valence-corrected chi connectivity index (χ4v) is 3.34. The van der Waals surface area contributed by atoms with Gasteiger partial charge in [-0.2, -0.15) is 0 Å². The van der Waals surface area contributed by atoms with E-state index in [4.69, 9.17) is 11.6 Å². The number of benzene rings is 1. The number of hydrogen-bond donors (Lipinski definition) is 0. The monoisotopic (exact) mass is 356 g/mol. The van der Waals surface area contributed by atoms with Crippen LogP contribution in [-0.2, 0) is 6.54 Å². The van der Waals surface area contributed by atoms with E-state index in [1.165, 1.54) is 4.90 Å². The van der Waals surface area contributed by atoms with Gasteiger partial charge < -0.3 is 0 Å². The molecule has 4 nitrogen and oxygen atoms in total. The average Bonchev–Trinajstić information content (AvgIpc) is 3.44. The van der Waals surface area contributed by atoms with Crippen LogP contribution in [0.3, 0.4) is 0 Å². The standard InChI is InChI=1S/C18H15ClN2O2.C2H6/c1-10-12(8-15(19)20-16(10)11-6-7-11)9-21-17(22)13-4-2-3-5-14(13)18(21)23;1-2/h2-5,8,11H,6-7,9H2,1H3;1-2H3. The topological polar surface area (TPSA) is 50.3 Å². The molecule has 0 N–H and O–H groups in total. The lowest BCUT2D eigenvalue weighted by Gasteiger charge is -2.17. The van der Waals surface area contributed by atoms with Gasteiger partial charge in [0.1, 0.15) is 5.15 Å². The summed E-state index contributed by atoms with van der Waals surface area (Å²) in [6.07, 6.45) is 2.25. The summed E-state index contributed by atoms with van der Waals surface area (Å²) in [6.45, 7) is 6.23. The zero-order valence-electron chi connectivity index (χ0n) is 14.7. The summed E-state index contributed by atoms with van der Waals surface area (Å²) in [5.41, 5.74) is 3.87. The number of carbonyl (C=O) groups excluding carboxylic acids is 2. The summed E-state index contributed by atoms with van der Waals surface area (Å²) in [7, 11) is 0. The number of amides is 2. The Morgan fingerprint density at radius 1 is 1.12 bits per heavy atom. The van der Waals surface area contributed by atoms with Crippen molar-refractivity contribution < 1.29 is 9.59 Å². The first-order valence-electron chi connectivity index (χ1n) is 8.67. The number of fused-ring (bicyclic) bond motifs is 1. The lowest BCUT2D eigenvalue weighted by molar-refractivity contribution is 0.0642. The van der Waals surface area contributed by atoms with E-state index in [-0.39, 0.29) is 18.4 Å². The molecule has 1 aliphatic heterocycles. The van der Waals surface area contributed by atoms with Crippen LogP contribution < -0.4 is 0 Å². The highest BCUT2D eigenvalue weighted by Crippen LogP contribution is 2.42. The van der Waals surface area contributed by atoms with Crippen molar-refractivity contribution in [3.05, 3.63) is 63.4 Å². The van der Waals surface area contributed by atoms with E-state index in [2.05, 4.69) is 4.98 Å². The van der Waals surface area contributed by atoms with Gasteiger partial charge >= 0.3 is 0 Å². The zero-order valence-corrected chi connectivity index (χ0v) is 15.4. The van der Waals surface area contributed by atoms with Crippen molar-refractivity contribution in [3.8, 4) is 0 Å². The van der Waals surface area contributed by atoms with Crippen molar-refractivity contribution in [3.63, 3.8) is 0 Å². The lowest BCUT2D eigenvalue weighted by atomic mass is 10.0. The van der Waals surface area contributed by atoms with Gasteiger partial charge in [-0.25, -0.2) is 4.98 Å². The number of aromatic nitrogens is 1. The minimum atomic E-state index is -0.245. The van der Waals surface area contributed by atoms with Crippen LogP contribution in [0.1, 0.15) is 70.1 Å². The Kier molecular flexibility index (Phi) is 4.91. The Bertz CT molecular complexity index is 809. The number of pyridine rings is 1. The Labute approximate surface area is 152 Å². The summed E-state index contributed by atoms with van der Waals surface area (Å²) in [4.78, 5) is 30.7. The van der Waals surface area contributed by atoms with Crippen molar-refractivity contribution in [1.29, 1.82) is 0 Å². The summed E-state index contributed by atoms with van der Waals surface area (Å²) < 4.78 is 0. The van der Waals surface area contributed by atoms with Gasteiger partial charge in [-0.05, 0) is 49.1 Å². The van der Waals surface area contributed by atoms with E-state index in [9.17, 15) is 9.59 Å². The van der Waals surface area contributed by atoms with Gasteiger partial charge in [0, 0.05) is 11.6 Å².